The first kappa shape index (κ1) is 17.4. The van der Waals surface area contributed by atoms with Crippen molar-refractivity contribution in [3.63, 3.8) is 0 Å². The minimum Gasteiger partial charge on any atom is -0.465 e. The molecular weight excluding hydrogens is 361 g/mol. The van der Waals surface area contributed by atoms with Gasteiger partial charge in [0.2, 0.25) is 5.95 Å². The molecule has 0 radical (unpaired) electrons. The van der Waals surface area contributed by atoms with Gasteiger partial charge < -0.3 is 10.0 Å². The molecule has 25 heavy (non-hydrogen) atoms. The Morgan fingerprint density at radius 3 is 2.72 bits per heavy atom. The molecule has 3 aromatic heterocycles. The van der Waals surface area contributed by atoms with Crippen molar-refractivity contribution in [1.82, 2.24) is 14.9 Å². The van der Waals surface area contributed by atoms with Crippen molar-refractivity contribution in [3.05, 3.63) is 59.7 Å². The lowest BCUT2D eigenvalue weighted by Crippen LogP contribution is -2.23. The monoisotopic (exact) mass is 375 g/mol. The second kappa shape index (κ2) is 7.62. The highest BCUT2D eigenvalue weighted by molar-refractivity contribution is 8.01. The van der Waals surface area contributed by atoms with E-state index in [1.54, 1.807) is 24.5 Å². The standard InChI is InChI=1S/C17H14FN3O2S2/c1-21(17(22)23)10-12-9-14(13-3-2-6-20-15(13)18)16(25-12)24-11-4-7-19-8-5-11/h2-9H,10H2,1H3,(H,22,23). The number of aromatic nitrogens is 2. The summed E-state index contributed by atoms with van der Waals surface area (Å²) in [6.45, 7) is 0.242. The van der Waals surface area contributed by atoms with Gasteiger partial charge in [0.15, 0.2) is 0 Å². The lowest BCUT2D eigenvalue weighted by atomic mass is 10.1. The summed E-state index contributed by atoms with van der Waals surface area (Å²) in [6, 6.07) is 8.92. The molecule has 0 saturated heterocycles. The molecule has 0 aliphatic heterocycles. The summed E-state index contributed by atoms with van der Waals surface area (Å²) >= 11 is 2.94. The molecule has 3 rings (SSSR count). The van der Waals surface area contributed by atoms with Gasteiger partial charge in [0.1, 0.15) is 0 Å². The number of halogens is 1. The second-order valence-electron chi connectivity index (χ2n) is 5.18. The molecule has 0 aromatic carbocycles. The Hall–Kier alpha value is -2.45. The van der Waals surface area contributed by atoms with Crippen molar-refractivity contribution in [1.29, 1.82) is 0 Å². The van der Waals surface area contributed by atoms with E-state index in [2.05, 4.69) is 9.97 Å². The molecule has 0 bridgehead atoms. The third-order valence-corrected chi connectivity index (χ3v) is 5.71. The molecule has 1 N–H and O–H groups in total. The van der Waals surface area contributed by atoms with Gasteiger partial charge in [0.25, 0.3) is 0 Å². The van der Waals surface area contributed by atoms with Crippen LogP contribution in [0, 0.1) is 5.95 Å². The van der Waals surface area contributed by atoms with Crippen LogP contribution in [0.1, 0.15) is 4.88 Å². The predicted octanol–water partition coefficient (Wildman–Crippen LogP) is 4.61. The van der Waals surface area contributed by atoms with Crippen LogP contribution in [0.25, 0.3) is 11.1 Å². The molecule has 0 spiro atoms. The number of amides is 1. The average molecular weight is 375 g/mol. The van der Waals surface area contributed by atoms with Gasteiger partial charge in [-0.05, 0) is 30.3 Å². The molecule has 0 fully saturated rings. The van der Waals surface area contributed by atoms with Crippen molar-refractivity contribution in [2.24, 2.45) is 0 Å². The molecule has 3 heterocycles. The lowest BCUT2D eigenvalue weighted by Gasteiger charge is -2.10. The highest BCUT2D eigenvalue weighted by Gasteiger charge is 2.18. The van der Waals surface area contributed by atoms with E-state index < -0.39 is 12.0 Å². The fourth-order valence-electron chi connectivity index (χ4n) is 2.17. The molecule has 1 amide bonds. The van der Waals surface area contributed by atoms with Gasteiger partial charge in [0.05, 0.1) is 10.8 Å². The molecule has 5 nitrogen and oxygen atoms in total. The molecular formula is C17H14FN3O2S2. The number of thiophene rings is 1. The number of nitrogens with zero attached hydrogens (tertiary/aromatic N) is 3. The minimum atomic E-state index is -1.01. The zero-order valence-electron chi connectivity index (χ0n) is 13.2. The fourth-order valence-corrected chi connectivity index (χ4v) is 4.65. The summed E-state index contributed by atoms with van der Waals surface area (Å²) in [5.41, 5.74) is 1.12. The second-order valence-corrected chi connectivity index (χ2v) is 7.66. The maximum absolute atomic E-state index is 14.2. The smallest absolute Gasteiger partial charge is 0.407 e. The zero-order chi connectivity index (χ0) is 17.8. The van der Waals surface area contributed by atoms with E-state index in [0.717, 1.165) is 14.0 Å². The molecule has 0 saturated carbocycles. The van der Waals surface area contributed by atoms with Crippen molar-refractivity contribution in [2.75, 3.05) is 7.05 Å². The van der Waals surface area contributed by atoms with E-state index in [1.165, 1.54) is 41.2 Å². The average Bonchev–Trinajstić information content (AvgIpc) is 2.98. The van der Waals surface area contributed by atoms with Crippen LogP contribution < -0.4 is 0 Å². The molecule has 3 aromatic rings. The van der Waals surface area contributed by atoms with Crippen molar-refractivity contribution < 1.29 is 14.3 Å². The van der Waals surface area contributed by atoms with E-state index in [0.29, 0.717) is 11.1 Å². The number of rotatable bonds is 5. The quantitative estimate of drug-likeness (QED) is 0.660. The van der Waals surface area contributed by atoms with Crippen LogP contribution in [0.5, 0.6) is 0 Å². The number of pyridine rings is 2. The number of carbonyl (C=O) groups is 1. The first-order valence-corrected chi connectivity index (χ1v) is 8.93. The normalized spacial score (nSPS) is 10.6. The predicted molar refractivity (Wildman–Crippen MR) is 95.4 cm³/mol. The van der Waals surface area contributed by atoms with Crippen molar-refractivity contribution >= 4 is 29.2 Å². The van der Waals surface area contributed by atoms with Gasteiger partial charge in [-0.3, -0.25) is 4.98 Å². The first-order chi connectivity index (χ1) is 12.0. The number of hydrogen-bond acceptors (Lipinski definition) is 5. The highest BCUT2D eigenvalue weighted by Crippen LogP contribution is 2.42. The summed E-state index contributed by atoms with van der Waals surface area (Å²) < 4.78 is 15.0. The highest BCUT2D eigenvalue weighted by atomic mass is 32.2. The molecule has 0 unspecified atom stereocenters. The van der Waals surface area contributed by atoms with Gasteiger partial charge in [-0.25, -0.2) is 9.78 Å². The van der Waals surface area contributed by atoms with Crippen LogP contribution in [-0.4, -0.2) is 33.1 Å². The third kappa shape index (κ3) is 4.15. The topological polar surface area (TPSA) is 66.3 Å². The minimum absolute atomic E-state index is 0.242. The molecule has 0 atom stereocenters. The van der Waals surface area contributed by atoms with Gasteiger partial charge in [-0.15, -0.1) is 11.3 Å². The van der Waals surface area contributed by atoms with Crippen LogP contribution in [-0.2, 0) is 6.54 Å². The summed E-state index contributed by atoms with van der Waals surface area (Å²) in [5.74, 6) is -0.546. The molecule has 128 valence electrons. The van der Waals surface area contributed by atoms with Crippen LogP contribution in [0.2, 0.25) is 0 Å². The number of carboxylic acid groups (broad SMARTS) is 1. The van der Waals surface area contributed by atoms with Gasteiger partial charge in [-0.2, -0.15) is 4.39 Å². The Kier molecular flexibility index (Phi) is 5.30. The van der Waals surface area contributed by atoms with E-state index in [1.807, 2.05) is 18.2 Å². The lowest BCUT2D eigenvalue weighted by molar-refractivity contribution is 0.154. The van der Waals surface area contributed by atoms with Gasteiger partial charge >= 0.3 is 6.09 Å². The SMILES string of the molecule is CN(Cc1cc(-c2cccnc2F)c(Sc2ccncc2)s1)C(=O)O. The molecule has 0 aliphatic carbocycles. The van der Waals surface area contributed by atoms with Crippen LogP contribution in [0.3, 0.4) is 0 Å². The maximum atomic E-state index is 14.2. The van der Waals surface area contributed by atoms with Crippen LogP contribution in [0.4, 0.5) is 9.18 Å². The Morgan fingerprint density at radius 1 is 1.28 bits per heavy atom. The van der Waals surface area contributed by atoms with Crippen molar-refractivity contribution in [2.45, 2.75) is 15.6 Å². The van der Waals surface area contributed by atoms with E-state index in [4.69, 9.17) is 5.11 Å². The summed E-state index contributed by atoms with van der Waals surface area (Å²) in [6.07, 6.45) is 3.78. The van der Waals surface area contributed by atoms with Gasteiger partial charge in [0, 0.05) is 46.5 Å². The Labute approximate surface area is 152 Å². The van der Waals surface area contributed by atoms with Crippen LogP contribution in [0.15, 0.2) is 58.0 Å². The summed E-state index contributed by atoms with van der Waals surface area (Å²) in [5, 5.41) is 9.06. The zero-order valence-corrected chi connectivity index (χ0v) is 14.9. The Morgan fingerprint density at radius 2 is 2.04 bits per heavy atom. The largest absolute Gasteiger partial charge is 0.465 e. The first-order valence-electron chi connectivity index (χ1n) is 7.30. The van der Waals surface area contributed by atoms with E-state index >= 15 is 0 Å². The Balaban J connectivity index is 2.00. The van der Waals surface area contributed by atoms with Gasteiger partial charge in [-0.1, -0.05) is 11.8 Å². The molecule has 8 heteroatoms. The van der Waals surface area contributed by atoms with E-state index in [9.17, 15) is 9.18 Å². The fraction of sp³-hybridized carbons (Fsp3) is 0.118. The third-order valence-electron chi connectivity index (χ3n) is 3.38. The molecule has 0 aliphatic rings. The number of hydrogen-bond donors (Lipinski definition) is 1. The summed E-state index contributed by atoms with van der Waals surface area (Å²) in [4.78, 5) is 21.8. The van der Waals surface area contributed by atoms with E-state index in [-0.39, 0.29) is 6.54 Å². The Bertz CT molecular complexity index is 887. The van der Waals surface area contributed by atoms with Crippen molar-refractivity contribution in [3.8, 4) is 11.1 Å². The summed E-state index contributed by atoms with van der Waals surface area (Å²) in [7, 11) is 1.50. The van der Waals surface area contributed by atoms with Crippen LogP contribution >= 0.6 is 23.1 Å². The maximum Gasteiger partial charge on any atom is 0.407 e.